The normalized spacial score (nSPS) is 14.0. The summed E-state index contributed by atoms with van der Waals surface area (Å²) in [6.07, 6.45) is 0. The van der Waals surface area contributed by atoms with E-state index in [0.29, 0.717) is 5.69 Å². The lowest BCUT2D eigenvalue weighted by molar-refractivity contribution is 0.387. The van der Waals surface area contributed by atoms with Gasteiger partial charge in [-0.15, -0.1) is 0 Å². The van der Waals surface area contributed by atoms with Crippen molar-refractivity contribution in [3.63, 3.8) is 0 Å². The van der Waals surface area contributed by atoms with Crippen molar-refractivity contribution in [3.05, 3.63) is 108 Å². The third-order valence-electron chi connectivity index (χ3n) is 6.28. The molecule has 0 heterocycles. The number of hydrogen-bond donors (Lipinski definition) is 2. The van der Waals surface area contributed by atoms with E-state index in [1.165, 1.54) is 22.8 Å². The highest BCUT2D eigenvalue weighted by Crippen LogP contribution is 2.51. The van der Waals surface area contributed by atoms with E-state index in [1.807, 2.05) is 41.3 Å². The average Bonchev–Trinajstić information content (AvgIpc) is 3.01. The van der Waals surface area contributed by atoms with Crippen LogP contribution in [0.15, 0.2) is 97.1 Å². The van der Waals surface area contributed by atoms with Crippen molar-refractivity contribution in [2.45, 2.75) is 19.3 Å². The highest BCUT2D eigenvalue weighted by molar-refractivity contribution is 7.60. The number of nitrogens with zero attached hydrogens (tertiary/aromatic N) is 1. The summed E-state index contributed by atoms with van der Waals surface area (Å²) in [5.41, 5.74) is 6.93. The zero-order valence-corrected chi connectivity index (χ0v) is 18.8. The average molecular weight is 441 g/mol. The molecule has 0 aromatic heterocycles. The van der Waals surface area contributed by atoms with Crippen molar-refractivity contribution in [2.75, 3.05) is 4.90 Å². The number of rotatable bonds is 4. The number of fused-ring (bicyclic) bond motifs is 3. The van der Waals surface area contributed by atoms with E-state index in [0.717, 1.165) is 16.9 Å². The Morgan fingerprint density at radius 2 is 1.31 bits per heavy atom. The van der Waals surface area contributed by atoms with Gasteiger partial charge in [-0.1, -0.05) is 74.5 Å². The molecule has 5 heteroatoms. The van der Waals surface area contributed by atoms with E-state index in [1.54, 1.807) is 18.2 Å². The van der Waals surface area contributed by atoms with Gasteiger partial charge in [-0.2, -0.15) is 0 Å². The number of hydrogen-bond acceptors (Lipinski definition) is 2. The van der Waals surface area contributed by atoms with Gasteiger partial charge in [0.2, 0.25) is 0 Å². The summed E-state index contributed by atoms with van der Waals surface area (Å²) in [6.45, 7) is 4.46. The lowest BCUT2D eigenvalue weighted by Crippen LogP contribution is -2.19. The molecule has 32 heavy (non-hydrogen) atoms. The van der Waals surface area contributed by atoms with Gasteiger partial charge in [0.1, 0.15) is 0 Å². The first kappa shape index (κ1) is 20.7. The fourth-order valence-corrected chi connectivity index (χ4v) is 5.50. The molecule has 5 rings (SSSR count). The first-order valence-corrected chi connectivity index (χ1v) is 12.1. The summed E-state index contributed by atoms with van der Waals surface area (Å²) in [6, 6.07) is 31.1. The molecule has 4 aromatic carbocycles. The molecule has 1 aliphatic rings. The molecule has 4 aromatic rings. The molecule has 0 radical (unpaired) electrons. The van der Waals surface area contributed by atoms with Gasteiger partial charge >= 0.3 is 7.60 Å². The SMILES string of the molecule is CC1(C)c2ccccc2-c2cc(N(c3ccccc3)c3ccccc3P(=O)(O)O)ccc21. The smallest absolute Gasteiger partial charge is 0.321 e. The Morgan fingerprint density at radius 3 is 2.06 bits per heavy atom. The summed E-state index contributed by atoms with van der Waals surface area (Å²) >= 11 is 0. The molecule has 0 fully saturated rings. The van der Waals surface area contributed by atoms with Crippen LogP contribution < -0.4 is 10.2 Å². The summed E-state index contributed by atoms with van der Waals surface area (Å²) in [5.74, 6) is 0. The maximum absolute atomic E-state index is 12.3. The van der Waals surface area contributed by atoms with Crippen LogP contribution in [0.4, 0.5) is 17.1 Å². The van der Waals surface area contributed by atoms with Gasteiger partial charge in [-0.3, -0.25) is 4.57 Å². The molecule has 0 saturated heterocycles. The molecule has 1 aliphatic carbocycles. The highest BCUT2D eigenvalue weighted by Gasteiger charge is 2.35. The standard InChI is InChI=1S/C27H24NO3P/c1-27(2)23-13-7-6-12-21(23)22-18-20(16-17-24(22)27)28(19-10-4-3-5-11-19)25-14-8-9-15-26(25)32(29,30)31/h3-18H,1-2H3,(H2,29,30,31). The summed E-state index contributed by atoms with van der Waals surface area (Å²) < 4.78 is 12.3. The summed E-state index contributed by atoms with van der Waals surface area (Å²) in [7, 11) is -4.48. The minimum Gasteiger partial charge on any atom is -0.321 e. The molecule has 0 aliphatic heterocycles. The zero-order valence-electron chi connectivity index (χ0n) is 17.9. The van der Waals surface area contributed by atoms with E-state index in [9.17, 15) is 14.4 Å². The minimum absolute atomic E-state index is 0.00471. The monoisotopic (exact) mass is 441 g/mol. The zero-order chi connectivity index (χ0) is 22.5. The van der Waals surface area contributed by atoms with E-state index in [-0.39, 0.29) is 10.7 Å². The van der Waals surface area contributed by atoms with Crippen LogP contribution in [0.3, 0.4) is 0 Å². The Morgan fingerprint density at radius 1 is 0.688 bits per heavy atom. The lowest BCUT2D eigenvalue weighted by atomic mass is 9.82. The van der Waals surface area contributed by atoms with E-state index >= 15 is 0 Å². The van der Waals surface area contributed by atoms with Gasteiger partial charge < -0.3 is 14.7 Å². The van der Waals surface area contributed by atoms with E-state index in [2.05, 4.69) is 50.2 Å². The Balaban J connectivity index is 1.76. The van der Waals surface area contributed by atoms with Gasteiger partial charge in [0.25, 0.3) is 0 Å². The first-order valence-electron chi connectivity index (χ1n) is 10.5. The van der Waals surface area contributed by atoms with Crippen LogP contribution >= 0.6 is 7.60 Å². The number of para-hydroxylation sites is 2. The molecule has 0 bridgehead atoms. The molecule has 160 valence electrons. The molecule has 0 amide bonds. The Kier molecular flexibility index (Phi) is 4.83. The van der Waals surface area contributed by atoms with Gasteiger partial charge in [0.05, 0.1) is 11.0 Å². The summed E-state index contributed by atoms with van der Waals surface area (Å²) in [5, 5.41) is 0.00471. The quantitative estimate of drug-likeness (QED) is 0.367. The fraction of sp³-hybridized carbons (Fsp3) is 0.111. The lowest BCUT2D eigenvalue weighted by Gasteiger charge is -2.28. The predicted molar refractivity (Wildman–Crippen MR) is 130 cm³/mol. The molecule has 2 N–H and O–H groups in total. The molecule has 0 saturated carbocycles. The third-order valence-corrected chi connectivity index (χ3v) is 7.28. The van der Waals surface area contributed by atoms with E-state index in [4.69, 9.17) is 0 Å². The summed E-state index contributed by atoms with van der Waals surface area (Å²) in [4.78, 5) is 22.0. The van der Waals surface area contributed by atoms with Crippen LogP contribution in [0.5, 0.6) is 0 Å². The largest absolute Gasteiger partial charge is 0.358 e. The van der Waals surface area contributed by atoms with Crippen molar-refractivity contribution < 1.29 is 14.4 Å². The van der Waals surface area contributed by atoms with Gasteiger partial charge in [0, 0.05) is 16.8 Å². The van der Waals surface area contributed by atoms with E-state index < -0.39 is 7.60 Å². The topological polar surface area (TPSA) is 60.8 Å². The Hall–Kier alpha value is -3.17. The van der Waals surface area contributed by atoms with Crippen LogP contribution in [-0.4, -0.2) is 9.79 Å². The molecule has 0 atom stereocenters. The van der Waals surface area contributed by atoms with Gasteiger partial charge in [-0.25, -0.2) is 0 Å². The fourth-order valence-electron chi connectivity index (χ4n) is 4.75. The van der Waals surface area contributed by atoms with Crippen molar-refractivity contribution >= 4 is 30.0 Å². The number of benzene rings is 4. The highest BCUT2D eigenvalue weighted by atomic mass is 31.2. The molecule has 0 spiro atoms. The van der Waals surface area contributed by atoms with Crippen molar-refractivity contribution in [3.8, 4) is 11.1 Å². The minimum atomic E-state index is -4.48. The van der Waals surface area contributed by atoms with Crippen LogP contribution in [-0.2, 0) is 9.98 Å². The van der Waals surface area contributed by atoms with Crippen LogP contribution in [0, 0.1) is 0 Å². The first-order chi connectivity index (χ1) is 15.3. The Bertz CT molecular complexity index is 1360. The van der Waals surface area contributed by atoms with Gasteiger partial charge in [0.15, 0.2) is 0 Å². The van der Waals surface area contributed by atoms with Crippen molar-refractivity contribution in [2.24, 2.45) is 0 Å². The molecular formula is C27H24NO3P. The van der Waals surface area contributed by atoms with Crippen molar-refractivity contribution in [1.82, 2.24) is 0 Å². The van der Waals surface area contributed by atoms with Crippen molar-refractivity contribution in [1.29, 1.82) is 0 Å². The third kappa shape index (κ3) is 3.28. The van der Waals surface area contributed by atoms with Crippen LogP contribution in [0.2, 0.25) is 0 Å². The molecule has 0 unspecified atom stereocenters. The maximum atomic E-state index is 12.3. The van der Waals surface area contributed by atoms with Crippen LogP contribution in [0.25, 0.3) is 11.1 Å². The second-order valence-electron chi connectivity index (χ2n) is 8.60. The second-order valence-corrected chi connectivity index (χ2v) is 10.2. The van der Waals surface area contributed by atoms with Gasteiger partial charge in [-0.05, 0) is 58.7 Å². The van der Waals surface area contributed by atoms with Crippen LogP contribution in [0.1, 0.15) is 25.0 Å². The molecule has 4 nitrogen and oxygen atoms in total. The predicted octanol–water partition coefficient (Wildman–Crippen LogP) is 6.27. The second kappa shape index (κ2) is 7.46. The maximum Gasteiger partial charge on any atom is 0.358 e. The number of anilines is 3. The Labute approximate surface area is 188 Å². The molecular weight excluding hydrogens is 417 g/mol.